The van der Waals surface area contributed by atoms with E-state index >= 15 is 0 Å². The Balaban J connectivity index is 1.54. The Bertz CT molecular complexity index is 1820. The lowest BCUT2D eigenvalue weighted by atomic mass is 9.87. The van der Waals surface area contributed by atoms with Gasteiger partial charge in [0.05, 0.1) is 27.4 Å². The SMILES string of the molecule is COc1ccc(CC2C(=O)NCC(=O)N(C)C3CC4C=CC(CC4)Oc4cc(ccc4OC)CC(C(=O)NC(C)C(=O)NC(CO)C(=O)N2C)N(C)C3=O)cc1. The number of carbonyl (C=O) groups is 6. The summed E-state index contributed by atoms with van der Waals surface area (Å²) in [4.78, 5) is 87.6. The van der Waals surface area contributed by atoms with Gasteiger partial charge in [-0.05, 0) is 73.6 Å². The Kier molecular flexibility index (Phi) is 13.6. The lowest BCUT2D eigenvalue weighted by Crippen LogP contribution is -2.61. The molecule has 7 atom stereocenters. The molecule has 4 aliphatic rings. The third-order valence-corrected chi connectivity index (χ3v) is 10.8. The van der Waals surface area contributed by atoms with E-state index in [9.17, 15) is 33.9 Å². The fourth-order valence-electron chi connectivity index (χ4n) is 7.20. The summed E-state index contributed by atoms with van der Waals surface area (Å²) in [5.41, 5.74) is 1.30. The molecule has 0 spiro atoms. The molecule has 302 valence electrons. The summed E-state index contributed by atoms with van der Waals surface area (Å²) in [5, 5.41) is 18.1. The van der Waals surface area contributed by atoms with Crippen molar-refractivity contribution in [2.75, 3.05) is 48.5 Å². The lowest BCUT2D eigenvalue weighted by Gasteiger charge is -2.37. The number of aliphatic hydroxyl groups is 1. The predicted molar refractivity (Wildman–Crippen MR) is 204 cm³/mol. The first kappa shape index (κ1) is 41.5. The van der Waals surface area contributed by atoms with Gasteiger partial charge in [-0.25, -0.2) is 0 Å². The maximum Gasteiger partial charge on any atom is 0.247 e. The van der Waals surface area contributed by atoms with Gasteiger partial charge in [-0.2, -0.15) is 0 Å². The average Bonchev–Trinajstić information content (AvgIpc) is 3.20. The van der Waals surface area contributed by atoms with Crippen molar-refractivity contribution >= 4 is 35.4 Å². The van der Waals surface area contributed by atoms with Gasteiger partial charge >= 0.3 is 0 Å². The number of carbonyl (C=O) groups excluding carboxylic acids is 6. The van der Waals surface area contributed by atoms with Gasteiger partial charge in [-0.15, -0.1) is 0 Å². The van der Waals surface area contributed by atoms with Gasteiger partial charge in [-0.1, -0.05) is 24.3 Å². The Morgan fingerprint density at radius 1 is 0.804 bits per heavy atom. The minimum atomic E-state index is -1.48. The molecule has 0 aromatic heterocycles. The number of likely N-dealkylation sites (N-methyl/N-ethyl adjacent to an activating group) is 3. The number of hydrogen-bond acceptors (Lipinski definition) is 10. The summed E-state index contributed by atoms with van der Waals surface area (Å²) in [6, 6.07) is 6.01. The molecule has 6 bridgehead atoms. The van der Waals surface area contributed by atoms with Crippen LogP contribution in [0.25, 0.3) is 0 Å². The number of fused-ring (bicyclic) bond motifs is 1. The van der Waals surface area contributed by atoms with E-state index in [0.717, 1.165) is 4.90 Å². The van der Waals surface area contributed by atoms with Crippen LogP contribution >= 0.6 is 0 Å². The second kappa shape index (κ2) is 18.3. The Morgan fingerprint density at radius 3 is 2.18 bits per heavy atom. The molecule has 0 radical (unpaired) electrons. The van der Waals surface area contributed by atoms with E-state index in [4.69, 9.17) is 14.2 Å². The molecule has 4 N–H and O–H groups in total. The number of nitrogens with one attached hydrogen (secondary N) is 3. The molecule has 0 saturated carbocycles. The fraction of sp³-hybridized carbons (Fsp3) is 0.500. The van der Waals surface area contributed by atoms with Gasteiger partial charge in [0.2, 0.25) is 35.4 Å². The first-order valence-corrected chi connectivity index (χ1v) is 18.7. The third kappa shape index (κ3) is 9.59. The topological polar surface area (TPSA) is 196 Å². The number of aliphatic hydroxyl groups excluding tert-OH is 1. The zero-order valence-electron chi connectivity index (χ0n) is 32.7. The molecule has 2 aromatic carbocycles. The van der Waals surface area contributed by atoms with E-state index < -0.39 is 78.8 Å². The van der Waals surface area contributed by atoms with Crippen LogP contribution in [0.2, 0.25) is 0 Å². The maximum absolute atomic E-state index is 14.6. The molecule has 56 heavy (non-hydrogen) atoms. The molecule has 7 unspecified atom stereocenters. The van der Waals surface area contributed by atoms with Gasteiger partial charge in [0.15, 0.2) is 11.5 Å². The van der Waals surface area contributed by atoms with Crippen LogP contribution in [0.5, 0.6) is 17.2 Å². The summed E-state index contributed by atoms with van der Waals surface area (Å²) >= 11 is 0. The van der Waals surface area contributed by atoms with Crippen molar-refractivity contribution in [3.63, 3.8) is 0 Å². The van der Waals surface area contributed by atoms with Gasteiger partial charge in [0, 0.05) is 34.0 Å². The first-order valence-electron chi connectivity index (χ1n) is 18.7. The number of amides is 6. The highest BCUT2D eigenvalue weighted by molar-refractivity contribution is 5.97. The monoisotopic (exact) mass is 776 g/mol. The Labute approximate surface area is 326 Å². The van der Waals surface area contributed by atoms with E-state index in [0.29, 0.717) is 41.2 Å². The molecule has 3 aliphatic heterocycles. The van der Waals surface area contributed by atoms with Crippen LogP contribution in [0, 0.1) is 5.92 Å². The molecule has 1 saturated heterocycles. The molecule has 16 heteroatoms. The van der Waals surface area contributed by atoms with Gasteiger partial charge in [0.1, 0.15) is 42.1 Å². The van der Waals surface area contributed by atoms with Crippen LogP contribution in [-0.4, -0.2) is 140 Å². The quantitative estimate of drug-likeness (QED) is 0.305. The number of methoxy groups -OCH3 is 2. The molecule has 1 aliphatic carbocycles. The molecule has 6 rings (SSSR count). The smallest absolute Gasteiger partial charge is 0.247 e. The first-order chi connectivity index (χ1) is 26.7. The zero-order valence-corrected chi connectivity index (χ0v) is 32.7. The summed E-state index contributed by atoms with van der Waals surface area (Å²) in [7, 11) is 7.37. The fourth-order valence-corrected chi connectivity index (χ4v) is 7.20. The van der Waals surface area contributed by atoms with Crippen molar-refractivity contribution in [2.45, 2.75) is 75.3 Å². The highest BCUT2D eigenvalue weighted by atomic mass is 16.5. The maximum atomic E-state index is 14.6. The molecular formula is C40H52N6O10. The molecular weight excluding hydrogens is 724 g/mol. The molecule has 16 nitrogen and oxygen atoms in total. The van der Waals surface area contributed by atoms with Crippen LogP contribution in [-0.2, 0) is 41.6 Å². The van der Waals surface area contributed by atoms with E-state index in [1.165, 1.54) is 52.1 Å². The van der Waals surface area contributed by atoms with Gasteiger partial charge in [-0.3, -0.25) is 28.8 Å². The van der Waals surface area contributed by atoms with Crippen molar-refractivity contribution in [2.24, 2.45) is 5.92 Å². The van der Waals surface area contributed by atoms with Crippen LogP contribution < -0.4 is 30.2 Å². The van der Waals surface area contributed by atoms with Crippen molar-refractivity contribution in [3.8, 4) is 17.2 Å². The van der Waals surface area contributed by atoms with Crippen molar-refractivity contribution in [1.29, 1.82) is 0 Å². The van der Waals surface area contributed by atoms with Crippen molar-refractivity contribution < 1.29 is 48.1 Å². The number of nitrogens with zero attached hydrogens (tertiary/aromatic N) is 3. The molecule has 6 amide bonds. The van der Waals surface area contributed by atoms with Gasteiger partial charge in [0.25, 0.3) is 0 Å². The number of rotatable bonds is 5. The summed E-state index contributed by atoms with van der Waals surface area (Å²) in [6.45, 7) is 0.100. The molecule has 2 aromatic rings. The summed E-state index contributed by atoms with van der Waals surface area (Å²) in [6.07, 6.45) is 5.17. The third-order valence-electron chi connectivity index (χ3n) is 10.8. The number of hydrogen-bond donors (Lipinski definition) is 4. The normalized spacial score (nSPS) is 27.1. The Morgan fingerprint density at radius 2 is 1.54 bits per heavy atom. The van der Waals surface area contributed by atoms with E-state index in [-0.39, 0.29) is 31.3 Å². The minimum absolute atomic E-state index is 0.00523. The summed E-state index contributed by atoms with van der Waals surface area (Å²) < 4.78 is 17.1. The van der Waals surface area contributed by atoms with Crippen molar-refractivity contribution in [1.82, 2.24) is 30.7 Å². The standard InChI is InChI=1S/C40H52N6O10/c1-23-36(49)43-29(22-47)39(52)45(3)30(17-24-7-12-27(54-5)13-8-24)37(50)41-21-35(48)44(2)32-18-25-9-14-28(15-10-25)56-34-20-26(11-16-33(34)55-6)19-31(38(51)42-23)46(4)40(32)53/h7-9,11-14,16,20,23,25,28-32,47H,10,15,17-19,21-22H2,1-6H3,(H,41,50)(H,42,51)(H,43,49). The predicted octanol–water partition coefficient (Wildman–Crippen LogP) is 0.199. The van der Waals surface area contributed by atoms with Crippen LogP contribution in [0.1, 0.15) is 37.3 Å². The zero-order chi connectivity index (χ0) is 40.7. The highest BCUT2D eigenvalue weighted by Crippen LogP contribution is 2.34. The second-order valence-electron chi connectivity index (χ2n) is 14.5. The van der Waals surface area contributed by atoms with E-state index in [1.807, 2.05) is 12.2 Å². The number of allylic oxidation sites excluding steroid dienone is 1. The summed E-state index contributed by atoms with van der Waals surface area (Å²) in [5.74, 6) is -2.54. The van der Waals surface area contributed by atoms with Crippen LogP contribution in [0.15, 0.2) is 54.6 Å². The number of ether oxygens (including phenoxy) is 3. The van der Waals surface area contributed by atoms with Crippen molar-refractivity contribution in [3.05, 3.63) is 65.7 Å². The lowest BCUT2D eigenvalue weighted by molar-refractivity contribution is -0.149. The largest absolute Gasteiger partial charge is 0.497 e. The number of benzene rings is 2. The van der Waals surface area contributed by atoms with Crippen LogP contribution in [0.4, 0.5) is 0 Å². The Hall–Kier alpha value is -5.64. The minimum Gasteiger partial charge on any atom is -0.497 e. The molecule has 1 fully saturated rings. The van der Waals surface area contributed by atoms with Crippen LogP contribution in [0.3, 0.4) is 0 Å². The second-order valence-corrected chi connectivity index (χ2v) is 14.5. The van der Waals surface area contributed by atoms with Gasteiger partial charge < -0.3 is 50.0 Å². The highest BCUT2D eigenvalue weighted by Gasteiger charge is 2.39. The molecule has 3 heterocycles. The average molecular weight is 777 g/mol. The van der Waals surface area contributed by atoms with E-state index in [1.54, 1.807) is 42.5 Å². The van der Waals surface area contributed by atoms with E-state index in [2.05, 4.69) is 16.0 Å².